The van der Waals surface area contributed by atoms with E-state index in [2.05, 4.69) is 50.2 Å². The average Bonchev–Trinajstić information content (AvgIpc) is 3.34. The molecule has 0 N–H and O–H groups in total. The first kappa shape index (κ1) is 20.1. The zero-order valence-electron chi connectivity index (χ0n) is 17.8. The van der Waals surface area contributed by atoms with Crippen LogP contribution in [0.25, 0.3) is 11.1 Å². The highest BCUT2D eigenvalue weighted by Gasteiger charge is 2.42. The smallest absolute Gasteiger partial charge is 0.228 e. The zero-order chi connectivity index (χ0) is 20.4. The molecule has 2 aliphatic rings. The molecule has 0 aromatic heterocycles. The summed E-state index contributed by atoms with van der Waals surface area (Å²) in [4.78, 5) is 25.7. The number of hydrogen-bond acceptors (Lipinski definition) is 2. The Labute approximate surface area is 174 Å². The second-order valence-electron chi connectivity index (χ2n) is 8.99. The van der Waals surface area contributed by atoms with E-state index in [9.17, 15) is 9.59 Å². The van der Waals surface area contributed by atoms with Crippen LogP contribution in [0.1, 0.15) is 93.1 Å². The molecule has 0 spiro atoms. The molecule has 4 rings (SSSR count). The molecule has 0 atom stereocenters. The largest absolute Gasteiger partial charge is 0.290 e. The van der Waals surface area contributed by atoms with Gasteiger partial charge in [0.1, 0.15) is 0 Å². The van der Waals surface area contributed by atoms with Crippen LogP contribution in [-0.2, 0) is 10.2 Å². The number of Topliss-reactive ketones (excluding diaryl/α,β-unsaturated/α-hetero) is 2. The Balaban J connectivity index is 1.72. The van der Waals surface area contributed by atoms with Gasteiger partial charge in [0.2, 0.25) is 11.6 Å². The van der Waals surface area contributed by atoms with Gasteiger partial charge in [-0.05, 0) is 47.1 Å². The van der Waals surface area contributed by atoms with Crippen molar-refractivity contribution in [2.75, 3.05) is 0 Å². The first-order chi connectivity index (χ1) is 14.1. The Morgan fingerprint density at radius 1 is 0.897 bits per heavy atom. The summed E-state index contributed by atoms with van der Waals surface area (Å²) in [6, 6.07) is 14.7. The van der Waals surface area contributed by atoms with Gasteiger partial charge >= 0.3 is 0 Å². The van der Waals surface area contributed by atoms with Crippen molar-refractivity contribution in [3.05, 3.63) is 59.2 Å². The van der Waals surface area contributed by atoms with Crippen molar-refractivity contribution in [1.29, 1.82) is 0 Å². The molecule has 0 unspecified atom stereocenters. The maximum absolute atomic E-state index is 13.0. The van der Waals surface area contributed by atoms with Gasteiger partial charge in [0.25, 0.3) is 0 Å². The van der Waals surface area contributed by atoms with E-state index in [1.165, 1.54) is 35.1 Å². The number of fused-ring (bicyclic) bond motifs is 3. The van der Waals surface area contributed by atoms with Gasteiger partial charge in [-0.3, -0.25) is 9.59 Å². The maximum atomic E-state index is 13.0. The summed E-state index contributed by atoms with van der Waals surface area (Å²) in [5.74, 6) is -0.0918. The molecule has 0 heterocycles. The third-order valence-corrected chi connectivity index (χ3v) is 7.09. The van der Waals surface area contributed by atoms with Crippen LogP contribution in [-0.4, -0.2) is 11.6 Å². The van der Waals surface area contributed by atoms with Gasteiger partial charge in [-0.2, -0.15) is 0 Å². The Bertz CT molecular complexity index is 912. The van der Waals surface area contributed by atoms with E-state index < -0.39 is 0 Å². The Morgan fingerprint density at radius 2 is 1.55 bits per heavy atom. The summed E-state index contributed by atoms with van der Waals surface area (Å²) >= 11 is 0. The second-order valence-corrected chi connectivity index (χ2v) is 8.99. The minimum Gasteiger partial charge on any atom is -0.290 e. The average molecular weight is 389 g/mol. The summed E-state index contributed by atoms with van der Waals surface area (Å²) in [6.07, 6.45) is 9.31. The summed E-state index contributed by atoms with van der Waals surface area (Å²) < 4.78 is 0. The molecule has 152 valence electrons. The fourth-order valence-electron chi connectivity index (χ4n) is 5.84. The lowest BCUT2D eigenvalue weighted by Gasteiger charge is -2.32. The molecule has 0 saturated heterocycles. The monoisotopic (exact) mass is 388 g/mol. The van der Waals surface area contributed by atoms with E-state index in [0.717, 1.165) is 38.5 Å². The number of carbonyl (C=O) groups excluding carboxylic acids is 2. The van der Waals surface area contributed by atoms with Crippen LogP contribution in [0.15, 0.2) is 42.5 Å². The summed E-state index contributed by atoms with van der Waals surface area (Å²) in [6.45, 7) is 4.47. The molecule has 1 saturated carbocycles. The van der Waals surface area contributed by atoms with Gasteiger partial charge < -0.3 is 0 Å². The van der Waals surface area contributed by atoms with Gasteiger partial charge in [-0.25, -0.2) is 0 Å². The maximum Gasteiger partial charge on any atom is 0.228 e. The third-order valence-electron chi connectivity index (χ3n) is 7.09. The van der Waals surface area contributed by atoms with Crippen molar-refractivity contribution in [2.24, 2.45) is 5.92 Å². The lowest BCUT2D eigenvalue weighted by atomic mass is 9.71. The molecule has 1 fully saturated rings. The molecule has 2 nitrogen and oxygen atoms in total. The second kappa shape index (κ2) is 8.26. The molecule has 2 aromatic rings. The van der Waals surface area contributed by atoms with Crippen LogP contribution in [0.2, 0.25) is 0 Å². The van der Waals surface area contributed by atoms with Gasteiger partial charge in [-0.1, -0.05) is 88.8 Å². The number of rotatable bonds is 8. The highest BCUT2D eigenvalue weighted by atomic mass is 16.2. The molecular formula is C27H32O2. The normalized spacial score (nSPS) is 17.2. The van der Waals surface area contributed by atoms with Crippen LogP contribution < -0.4 is 0 Å². The van der Waals surface area contributed by atoms with Crippen molar-refractivity contribution in [3.63, 3.8) is 0 Å². The van der Waals surface area contributed by atoms with Gasteiger partial charge in [0.15, 0.2) is 0 Å². The summed E-state index contributed by atoms with van der Waals surface area (Å²) in [7, 11) is 0. The number of carbonyl (C=O) groups is 2. The number of benzene rings is 2. The highest BCUT2D eigenvalue weighted by molar-refractivity contribution is 6.43. The predicted octanol–water partition coefficient (Wildman–Crippen LogP) is 6.89. The van der Waals surface area contributed by atoms with Gasteiger partial charge in [-0.15, -0.1) is 0 Å². The summed E-state index contributed by atoms with van der Waals surface area (Å²) in [5, 5.41) is 0. The van der Waals surface area contributed by atoms with Crippen LogP contribution in [0, 0.1) is 5.92 Å². The standard InChI is InChI=1S/C27H32O2/c1-3-15-27(16-4-2)23-12-8-7-11-21(23)22-14-13-20(18-24(22)27)26(29)25(28)17-19-9-5-6-10-19/h7-8,11-14,18-19H,3-6,9-10,15-17H2,1-2H3. The molecule has 2 aromatic carbocycles. The van der Waals surface area contributed by atoms with E-state index in [4.69, 9.17) is 0 Å². The van der Waals surface area contributed by atoms with Crippen molar-refractivity contribution < 1.29 is 9.59 Å². The van der Waals surface area contributed by atoms with Crippen molar-refractivity contribution in [1.82, 2.24) is 0 Å². The minimum atomic E-state index is -0.294. The molecule has 0 radical (unpaired) electrons. The highest BCUT2D eigenvalue weighted by Crippen LogP contribution is 2.53. The SMILES string of the molecule is CCCC1(CCC)c2ccccc2-c2ccc(C(=O)C(=O)CC3CCCC3)cc21. The van der Waals surface area contributed by atoms with E-state index in [1.807, 2.05) is 6.07 Å². The Hall–Kier alpha value is -2.22. The fourth-order valence-corrected chi connectivity index (χ4v) is 5.84. The molecule has 29 heavy (non-hydrogen) atoms. The Kier molecular flexibility index (Phi) is 5.72. The van der Waals surface area contributed by atoms with Crippen LogP contribution in [0.4, 0.5) is 0 Å². The van der Waals surface area contributed by atoms with Crippen molar-refractivity contribution >= 4 is 11.6 Å². The van der Waals surface area contributed by atoms with Crippen LogP contribution in [0.5, 0.6) is 0 Å². The minimum absolute atomic E-state index is 0.0415. The van der Waals surface area contributed by atoms with Crippen molar-refractivity contribution in [3.8, 4) is 11.1 Å². The van der Waals surface area contributed by atoms with Gasteiger partial charge in [0.05, 0.1) is 0 Å². The van der Waals surface area contributed by atoms with Crippen molar-refractivity contribution in [2.45, 2.75) is 77.0 Å². The van der Waals surface area contributed by atoms with Crippen LogP contribution in [0.3, 0.4) is 0 Å². The molecule has 0 bridgehead atoms. The molecule has 2 aliphatic carbocycles. The fraction of sp³-hybridized carbons (Fsp3) is 0.481. The zero-order valence-corrected chi connectivity index (χ0v) is 17.8. The van der Waals surface area contributed by atoms with E-state index >= 15 is 0 Å². The molecule has 0 aliphatic heterocycles. The topological polar surface area (TPSA) is 34.1 Å². The number of hydrogen-bond donors (Lipinski definition) is 0. The first-order valence-corrected chi connectivity index (χ1v) is 11.4. The third kappa shape index (κ3) is 3.47. The van der Waals surface area contributed by atoms with Crippen LogP contribution >= 0.6 is 0 Å². The van der Waals surface area contributed by atoms with E-state index in [-0.39, 0.29) is 17.0 Å². The first-order valence-electron chi connectivity index (χ1n) is 11.4. The lowest BCUT2D eigenvalue weighted by molar-refractivity contribution is -0.115. The number of ketones is 2. The lowest BCUT2D eigenvalue weighted by Crippen LogP contribution is -2.25. The Morgan fingerprint density at radius 3 is 2.24 bits per heavy atom. The molecular weight excluding hydrogens is 356 g/mol. The van der Waals surface area contributed by atoms with E-state index in [0.29, 0.717) is 17.9 Å². The van der Waals surface area contributed by atoms with E-state index in [1.54, 1.807) is 0 Å². The molecule has 0 amide bonds. The summed E-state index contributed by atoms with van der Waals surface area (Å²) in [5.41, 5.74) is 5.71. The predicted molar refractivity (Wildman–Crippen MR) is 118 cm³/mol. The van der Waals surface area contributed by atoms with Gasteiger partial charge in [0, 0.05) is 17.4 Å². The molecule has 2 heteroatoms. The quantitative estimate of drug-likeness (QED) is 0.365.